The van der Waals surface area contributed by atoms with E-state index in [-0.39, 0.29) is 53.6 Å². The van der Waals surface area contributed by atoms with Crippen LogP contribution in [-0.2, 0) is 27.9 Å². The minimum Gasteiger partial charge on any atom is -0.457 e. The second-order valence-corrected chi connectivity index (χ2v) is 21.3. The molecular weight excluding hydrogens is 905 g/mol. The lowest BCUT2D eigenvalue weighted by Crippen LogP contribution is -2.41. The summed E-state index contributed by atoms with van der Waals surface area (Å²) in [5, 5.41) is 0.330. The number of rotatable bonds is 9. The van der Waals surface area contributed by atoms with Crippen molar-refractivity contribution in [3.05, 3.63) is 156 Å². The Labute approximate surface area is 419 Å². The lowest BCUT2D eigenvalue weighted by Gasteiger charge is -2.32. The van der Waals surface area contributed by atoms with Gasteiger partial charge in [0.25, 0.3) is 0 Å². The van der Waals surface area contributed by atoms with Crippen molar-refractivity contribution < 1.29 is 46.5 Å². The Morgan fingerprint density at radius 3 is 1.09 bits per heavy atom. The van der Waals surface area contributed by atoms with Gasteiger partial charge in [-0.1, -0.05) is 71.8 Å². The smallest absolute Gasteiger partial charge is 0.457 e. The van der Waals surface area contributed by atoms with Crippen LogP contribution in [0.3, 0.4) is 0 Å². The monoisotopic (exact) mass is 969 g/mol. The first-order chi connectivity index (χ1) is 32.7. The first kappa shape index (κ1) is 52.6. The van der Waals surface area contributed by atoms with E-state index in [1.54, 1.807) is 24.4 Å². The molecule has 6 aromatic rings. The van der Waals surface area contributed by atoms with Gasteiger partial charge in [0.1, 0.15) is 23.0 Å². The molecule has 5 aromatic carbocycles. The summed E-state index contributed by atoms with van der Waals surface area (Å²) in [7, 11) is -1.13. The van der Waals surface area contributed by atoms with E-state index in [0.717, 1.165) is 39.2 Å². The van der Waals surface area contributed by atoms with E-state index in [9.17, 15) is 4.39 Å². The van der Waals surface area contributed by atoms with Crippen LogP contribution in [-0.4, -0.2) is 59.9 Å². The van der Waals surface area contributed by atoms with E-state index in [0.29, 0.717) is 16.7 Å². The van der Waals surface area contributed by atoms with Gasteiger partial charge in [-0.05, 0) is 186 Å². The zero-order valence-corrected chi connectivity index (χ0v) is 43.6. The summed E-state index contributed by atoms with van der Waals surface area (Å²) in [6.45, 7) is 28.5. The molecule has 0 bridgehead atoms. The van der Waals surface area contributed by atoms with Gasteiger partial charge in [-0.3, -0.25) is 0 Å². The van der Waals surface area contributed by atoms with Crippen LogP contribution in [0.15, 0.2) is 134 Å². The van der Waals surface area contributed by atoms with Gasteiger partial charge >= 0.3 is 21.4 Å². The molecule has 0 spiro atoms. The third kappa shape index (κ3) is 12.5. The molecule has 0 amide bonds. The van der Waals surface area contributed by atoms with Crippen molar-refractivity contribution >= 4 is 49.3 Å². The topological polar surface area (TPSA) is 96.0 Å². The molecule has 3 saturated heterocycles. The molecule has 366 valence electrons. The molecule has 0 N–H and O–H groups in total. The number of aromatic nitrogens is 1. The van der Waals surface area contributed by atoms with Crippen LogP contribution < -0.4 is 30.6 Å². The maximum atomic E-state index is 13.8. The van der Waals surface area contributed by atoms with Gasteiger partial charge in [-0.15, -0.1) is 0 Å². The molecule has 0 saturated carbocycles. The summed E-state index contributed by atoms with van der Waals surface area (Å²) >= 11 is 5.74. The largest absolute Gasteiger partial charge is 0.494 e. The predicted octanol–water partition coefficient (Wildman–Crippen LogP) is 12.1. The predicted molar refractivity (Wildman–Crippen MR) is 278 cm³/mol. The van der Waals surface area contributed by atoms with Gasteiger partial charge in [0.15, 0.2) is 11.6 Å². The van der Waals surface area contributed by atoms with E-state index in [2.05, 4.69) is 39.6 Å². The SMILES string of the molecule is CC1(C)OB(c2ccc(Oc3ccc(Cl)cc3F)cc2)OC1(C)C.Cc1ccc(Oc2ccc(B3OC(C)(C)C(C)(C)O3)cc2)cc1.Cc1ccc(Oc2ccc(B3OC(C)(C)C(C)(C)O3)cc2)nc1. The molecule has 0 atom stereocenters. The van der Waals surface area contributed by atoms with Gasteiger partial charge < -0.3 is 42.1 Å². The fourth-order valence-corrected chi connectivity index (χ4v) is 7.24. The Morgan fingerprint density at radius 2 is 0.743 bits per heavy atom. The highest BCUT2D eigenvalue weighted by atomic mass is 35.5. The quantitative estimate of drug-likeness (QED) is 0.130. The number of benzene rings is 5. The van der Waals surface area contributed by atoms with Crippen LogP contribution in [0.25, 0.3) is 0 Å². The minimum absolute atomic E-state index is 0.128. The first-order valence-corrected chi connectivity index (χ1v) is 23.9. The van der Waals surface area contributed by atoms with Crippen LogP contribution >= 0.6 is 11.6 Å². The maximum Gasteiger partial charge on any atom is 0.494 e. The highest BCUT2D eigenvalue weighted by Crippen LogP contribution is 2.39. The second kappa shape index (κ2) is 20.5. The van der Waals surface area contributed by atoms with Gasteiger partial charge in [0, 0.05) is 17.3 Å². The molecule has 0 unspecified atom stereocenters. The molecule has 4 heterocycles. The molecule has 9 rings (SSSR count). The van der Waals surface area contributed by atoms with Crippen molar-refractivity contribution in [1.29, 1.82) is 0 Å². The van der Waals surface area contributed by atoms with Crippen LogP contribution in [0, 0.1) is 19.7 Å². The highest BCUT2D eigenvalue weighted by molar-refractivity contribution is 6.63. The van der Waals surface area contributed by atoms with Crippen molar-refractivity contribution in [2.75, 3.05) is 0 Å². The Balaban J connectivity index is 0.000000155. The Morgan fingerprint density at radius 1 is 0.414 bits per heavy atom. The van der Waals surface area contributed by atoms with E-state index < -0.39 is 12.9 Å². The summed E-state index contributed by atoms with van der Waals surface area (Å²) < 4.78 is 67.1. The van der Waals surface area contributed by atoms with E-state index >= 15 is 0 Å². The van der Waals surface area contributed by atoms with Crippen LogP contribution in [0.2, 0.25) is 5.02 Å². The Kier molecular flexibility index (Phi) is 15.4. The minimum atomic E-state index is -0.502. The number of pyridine rings is 1. The molecule has 3 fully saturated rings. The number of nitrogens with zero attached hydrogens (tertiary/aromatic N) is 1. The number of hydrogen-bond donors (Lipinski definition) is 0. The van der Waals surface area contributed by atoms with Crippen LogP contribution in [0.4, 0.5) is 4.39 Å². The van der Waals surface area contributed by atoms with E-state index in [1.165, 1.54) is 17.7 Å². The molecule has 0 aliphatic carbocycles. The standard InChI is InChI=1S/C19H23BO3.C18H19BClFO3.C18H22BNO3/c1-14-6-10-16(11-7-14)21-17-12-8-15(9-13-17)20-22-18(2,3)19(4,5)23-20;1-17(2)18(3,4)24-19(23-17)12-5-8-14(9-6-12)22-16-10-7-13(20)11-15(16)21;1-13-6-11-16(20-12-13)21-15-9-7-14(8-10-15)19-22-17(2,3)18(4,5)23-19/h6-13H,1-5H3;5-11H,1-4H3;6-12H,1-5H3. The van der Waals surface area contributed by atoms with E-state index in [1.807, 2.05) is 159 Å². The van der Waals surface area contributed by atoms with Gasteiger partial charge in [-0.25, -0.2) is 9.37 Å². The summed E-state index contributed by atoms with van der Waals surface area (Å²) in [5.41, 5.74) is 3.09. The zero-order chi connectivity index (χ0) is 50.9. The summed E-state index contributed by atoms with van der Waals surface area (Å²) in [4.78, 5) is 4.24. The summed E-state index contributed by atoms with van der Waals surface area (Å²) in [5.74, 6) is 3.10. The number of ether oxygens (including phenoxy) is 3. The maximum absolute atomic E-state index is 13.8. The first-order valence-electron chi connectivity index (χ1n) is 23.6. The Bertz CT molecular complexity index is 2530. The molecule has 70 heavy (non-hydrogen) atoms. The van der Waals surface area contributed by atoms with Crippen LogP contribution in [0.1, 0.15) is 94.2 Å². The highest BCUT2D eigenvalue weighted by Gasteiger charge is 2.53. The Hall–Kier alpha value is -5.18. The average Bonchev–Trinajstić information content (AvgIpc) is 3.76. The molecular formula is C55H64B3ClFNO9. The normalized spacial score (nSPS) is 18.8. The zero-order valence-electron chi connectivity index (χ0n) is 42.8. The van der Waals surface area contributed by atoms with Gasteiger partial charge in [-0.2, -0.15) is 0 Å². The van der Waals surface area contributed by atoms with Crippen molar-refractivity contribution in [2.45, 2.75) is 131 Å². The van der Waals surface area contributed by atoms with Gasteiger partial charge in [0.05, 0.1) is 33.6 Å². The second-order valence-electron chi connectivity index (χ2n) is 20.8. The number of hydrogen-bond acceptors (Lipinski definition) is 10. The van der Waals surface area contributed by atoms with Crippen LogP contribution in [0.5, 0.6) is 34.6 Å². The number of aryl methyl sites for hydroxylation is 2. The fourth-order valence-electron chi connectivity index (χ4n) is 7.08. The molecule has 10 nitrogen and oxygen atoms in total. The van der Waals surface area contributed by atoms with Crippen molar-refractivity contribution in [2.24, 2.45) is 0 Å². The van der Waals surface area contributed by atoms with E-state index in [4.69, 9.17) is 53.7 Å². The van der Waals surface area contributed by atoms with Crippen molar-refractivity contribution in [3.63, 3.8) is 0 Å². The lowest BCUT2D eigenvalue weighted by molar-refractivity contribution is 0.00578. The molecule has 0 radical (unpaired) electrons. The summed E-state index contributed by atoms with van der Waals surface area (Å²) in [6.07, 6.45) is 1.79. The number of halogens is 2. The van der Waals surface area contributed by atoms with Crippen molar-refractivity contribution in [1.82, 2.24) is 4.98 Å². The summed E-state index contributed by atoms with van der Waals surface area (Å²) in [6, 6.07) is 39.0. The third-order valence-electron chi connectivity index (χ3n) is 13.7. The molecule has 15 heteroatoms. The van der Waals surface area contributed by atoms with Gasteiger partial charge in [0.2, 0.25) is 5.88 Å². The third-order valence-corrected chi connectivity index (χ3v) is 13.9. The molecule has 3 aliphatic rings. The lowest BCUT2D eigenvalue weighted by atomic mass is 9.79. The molecule has 1 aromatic heterocycles. The average molecular weight is 970 g/mol. The molecule has 3 aliphatic heterocycles. The fraction of sp³-hybridized carbons (Fsp3) is 0.364. The van der Waals surface area contributed by atoms with Crippen molar-refractivity contribution in [3.8, 4) is 34.6 Å².